The fourth-order valence-corrected chi connectivity index (χ4v) is 4.31. The van der Waals surface area contributed by atoms with Gasteiger partial charge >= 0.3 is 0 Å². The van der Waals surface area contributed by atoms with E-state index in [2.05, 4.69) is 29.7 Å². The number of amides is 1. The lowest BCUT2D eigenvalue weighted by molar-refractivity contribution is -0.131. The van der Waals surface area contributed by atoms with Crippen LogP contribution in [0, 0.1) is 13.8 Å². The van der Waals surface area contributed by atoms with E-state index in [9.17, 15) is 4.79 Å². The maximum atomic E-state index is 12.6. The first-order valence-electron chi connectivity index (χ1n) is 10.2. The molecule has 30 heavy (non-hydrogen) atoms. The summed E-state index contributed by atoms with van der Waals surface area (Å²) < 4.78 is 5.82. The normalized spacial score (nSPS) is 14.6. The van der Waals surface area contributed by atoms with Gasteiger partial charge in [0.25, 0.3) is 0 Å². The number of halogens is 2. The smallest absolute Gasteiger partial charge is 0.236 e. The van der Waals surface area contributed by atoms with Gasteiger partial charge in [-0.25, -0.2) is 0 Å². The molecule has 3 rings (SSSR count). The Hall–Kier alpha value is -1.95. The van der Waals surface area contributed by atoms with Crippen LogP contribution < -0.4 is 9.64 Å². The SMILES string of the molecule is Cc1cc(C)cc(OCCN(C)C(=O)CN2CCN(c3c(Cl)cccc3Cl)CC2)c1. The molecule has 1 saturated heterocycles. The topological polar surface area (TPSA) is 36.0 Å². The second kappa shape index (κ2) is 10.4. The van der Waals surface area contributed by atoms with Crippen LogP contribution in [0.2, 0.25) is 10.0 Å². The third kappa shape index (κ3) is 6.03. The second-order valence-corrected chi connectivity index (χ2v) is 8.64. The van der Waals surface area contributed by atoms with E-state index >= 15 is 0 Å². The van der Waals surface area contributed by atoms with Crippen molar-refractivity contribution in [2.75, 3.05) is 57.8 Å². The molecular formula is C23H29Cl2N3O2. The second-order valence-electron chi connectivity index (χ2n) is 7.82. The summed E-state index contributed by atoms with van der Waals surface area (Å²) >= 11 is 12.6. The molecule has 1 heterocycles. The van der Waals surface area contributed by atoms with Crippen molar-refractivity contribution in [2.24, 2.45) is 0 Å². The Morgan fingerprint density at radius 3 is 2.23 bits per heavy atom. The molecule has 162 valence electrons. The zero-order valence-corrected chi connectivity index (χ0v) is 19.3. The van der Waals surface area contributed by atoms with Crippen LogP contribution in [-0.2, 0) is 4.79 Å². The van der Waals surface area contributed by atoms with Crippen LogP contribution in [0.4, 0.5) is 5.69 Å². The zero-order valence-electron chi connectivity index (χ0n) is 17.8. The van der Waals surface area contributed by atoms with E-state index in [1.54, 1.807) is 4.90 Å². The van der Waals surface area contributed by atoms with Crippen LogP contribution in [-0.4, -0.2) is 68.6 Å². The van der Waals surface area contributed by atoms with Gasteiger partial charge in [-0.1, -0.05) is 35.3 Å². The highest BCUT2D eigenvalue weighted by atomic mass is 35.5. The number of carbonyl (C=O) groups excluding carboxylic acids is 1. The summed E-state index contributed by atoms with van der Waals surface area (Å²) in [5.74, 6) is 0.950. The molecule has 2 aromatic carbocycles. The van der Waals surface area contributed by atoms with E-state index in [1.165, 1.54) is 11.1 Å². The molecule has 1 aliphatic rings. The Bertz CT molecular complexity index is 842. The summed E-state index contributed by atoms with van der Waals surface area (Å²) in [5, 5.41) is 1.33. The summed E-state index contributed by atoms with van der Waals surface area (Å²) in [7, 11) is 1.83. The van der Waals surface area contributed by atoms with Gasteiger partial charge in [0.1, 0.15) is 12.4 Å². The number of hydrogen-bond acceptors (Lipinski definition) is 4. The molecule has 0 spiro atoms. The minimum atomic E-state index is 0.100. The molecule has 0 radical (unpaired) electrons. The lowest BCUT2D eigenvalue weighted by Gasteiger charge is -2.37. The van der Waals surface area contributed by atoms with Gasteiger partial charge in [-0.05, 0) is 49.2 Å². The largest absolute Gasteiger partial charge is 0.492 e. The molecule has 0 atom stereocenters. The maximum absolute atomic E-state index is 12.6. The van der Waals surface area contributed by atoms with Gasteiger partial charge in [0, 0.05) is 33.2 Å². The number of benzene rings is 2. The van der Waals surface area contributed by atoms with E-state index in [-0.39, 0.29) is 5.91 Å². The Labute approximate surface area is 189 Å². The fourth-order valence-electron chi connectivity index (χ4n) is 3.67. The van der Waals surface area contributed by atoms with Crippen LogP contribution in [0.15, 0.2) is 36.4 Å². The average molecular weight is 450 g/mol. The number of anilines is 1. The van der Waals surface area contributed by atoms with Crippen molar-refractivity contribution in [3.63, 3.8) is 0 Å². The molecule has 0 unspecified atom stereocenters. The highest BCUT2D eigenvalue weighted by molar-refractivity contribution is 6.39. The molecule has 1 amide bonds. The predicted octanol–water partition coefficient (Wildman–Crippen LogP) is 4.27. The molecule has 5 nitrogen and oxygen atoms in total. The molecule has 0 aromatic heterocycles. The van der Waals surface area contributed by atoms with Gasteiger partial charge in [-0.3, -0.25) is 9.69 Å². The number of carbonyl (C=O) groups is 1. The van der Waals surface area contributed by atoms with Gasteiger partial charge in [-0.2, -0.15) is 0 Å². The number of para-hydroxylation sites is 1. The van der Waals surface area contributed by atoms with Gasteiger partial charge < -0.3 is 14.5 Å². The lowest BCUT2D eigenvalue weighted by Crippen LogP contribution is -2.50. The van der Waals surface area contributed by atoms with Crippen molar-refractivity contribution in [3.05, 3.63) is 57.6 Å². The minimum absolute atomic E-state index is 0.100. The third-order valence-electron chi connectivity index (χ3n) is 5.30. The van der Waals surface area contributed by atoms with Crippen LogP contribution in [0.5, 0.6) is 5.75 Å². The van der Waals surface area contributed by atoms with Gasteiger partial charge in [0.2, 0.25) is 5.91 Å². The summed E-state index contributed by atoms with van der Waals surface area (Å²) in [5.41, 5.74) is 3.23. The lowest BCUT2D eigenvalue weighted by atomic mass is 10.1. The van der Waals surface area contributed by atoms with Crippen molar-refractivity contribution in [2.45, 2.75) is 13.8 Å². The average Bonchev–Trinajstić information content (AvgIpc) is 2.68. The molecule has 1 aliphatic heterocycles. The molecule has 0 aliphatic carbocycles. The predicted molar refractivity (Wildman–Crippen MR) is 124 cm³/mol. The summed E-state index contributed by atoms with van der Waals surface area (Å²) in [4.78, 5) is 18.7. The molecule has 1 fully saturated rings. The van der Waals surface area contributed by atoms with E-state index in [0.29, 0.717) is 29.7 Å². The van der Waals surface area contributed by atoms with Gasteiger partial charge in [0.05, 0.1) is 28.8 Å². The fraction of sp³-hybridized carbons (Fsp3) is 0.435. The van der Waals surface area contributed by atoms with Crippen LogP contribution >= 0.6 is 23.2 Å². The van der Waals surface area contributed by atoms with Crippen molar-refractivity contribution < 1.29 is 9.53 Å². The molecule has 0 bridgehead atoms. The number of aryl methyl sites for hydroxylation is 2. The Morgan fingerprint density at radius 2 is 1.63 bits per heavy atom. The molecule has 0 N–H and O–H groups in total. The van der Waals surface area contributed by atoms with Crippen molar-refractivity contribution in [1.82, 2.24) is 9.80 Å². The Balaban J connectivity index is 1.43. The van der Waals surface area contributed by atoms with Crippen molar-refractivity contribution >= 4 is 34.8 Å². The van der Waals surface area contributed by atoms with Gasteiger partial charge in [0.15, 0.2) is 0 Å². The van der Waals surface area contributed by atoms with E-state index in [1.807, 2.05) is 37.4 Å². The molecule has 2 aromatic rings. The first-order valence-corrected chi connectivity index (χ1v) is 11.0. The summed E-state index contributed by atoms with van der Waals surface area (Å²) in [6, 6.07) is 11.7. The van der Waals surface area contributed by atoms with Crippen molar-refractivity contribution in [1.29, 1.82) is 0 Å². The van der Waals surface area contributed by atoms with Crippen LogP contribution in [0.3, 0.4) is 0 Å². The Morgan fingerprint density at radius 1 is 1.03 bits per heavy atom. The van der Waals surface area contributed by atoms with E-state index in [0.717, 1.165) is 37.6 Å². The number of hydrogen-bond donors (Lipinski definition) is 0. The quantitative estimate of drug-likeness (QED) is 0.632. The van der Waals surface area contributed by atoms with Crippen LogP contribution in [0.25, 0.3) is 0 Å². The monoisotopic (exact) mass is 449 g/mol. The van der Waals surface area contributed by atoms with E-state index in [4.69, 9.17) is 27.9 Å². The van der Waals surface area contributed by atoms with E-state index < -0.39 is 0 Å². The number of nitrogens with zero attached hydrogens (tertiary/aromatic N) is 3. The number of piperazine rings is 1. The maximum Gasteiger partial charge on any atom is 0.236 e. The number of ether oxygens (including phenoxy) is 1. The van der Waals surface area contributed by atoms with Crippen LogP contribution in [0.1, 0.15) is 11.1 Å². The molecule has 7 heteroatoms. The number of likely N-dealkylation sites (N-methyl/N-ethyl adjacent to an activating group) is 1. The summed E-state index contributed by atoms with van der Waals surface area (Å²) in [6.45, 7) is 8.70. The van der Waals surface area contributed by atoms with Crippen molar-refractivity contribution in [3.8, 4) is 5.75 Å². The Kier molecular flexibility index (Phi) is 7.87. The highest BCUT2D eigenvalue weighted by Crippen LogP contribution is 2.33. The highest BCUT2D eigenvalue weighted by Gasteiger charge is 2.23. The number of rotatable bonds is 7. The molecular weight excluding hydrogens is 421 g/mol. The van der Waals surface area contributed by atoms with Gasteiger partial charge in [-0.15, -0.1) is 0 Å². The summed E-state index contributed by atoms with van der Waals surface area (Å²) in [6.07, 6.45) is 0. The first kappa shape index (κ1) is 22.7. The first-order chi connectivity index (χ1) is 14.3. The third-order valence-corrected chi connectivity index (χ3v) is 5.91. The molecule has 0 saturated carbocycles. The zero-order chi connectivity index (χ0) is 21.7. The minimum Gasteiger partial charge on any atom is -0.492 e. The standard InChI is InChI=1S/C23H29Cl2N3O2/c1-17-13-18(2)15-19(14-17)30-12-11-26(3)22(29)16-27-7-9-28(10-8-27)23-20(24)5-4-6-21(23)25/h4-6,13-15H,7-12,16H2,1-3H3.